The van der Waals surface area contributed by atoms with Gasteiger partial charge in [0.05, 0.1) is 5.92 Å². The Labute approximate surface area is 140 Å². The molecule has 118 valence electrons. The van der Waals surface area contributed by atoms with E-state index in [1.54, 1.807) is 0 Å². The summed E-state index contributed by atoms with van der Waals surface area (Å²) in [5.41, 5.74) is 4.30. The molecule has 0 aromatic heterocycles. The van der Waals surface area contributed by atoms with Crippen LogP contribution in [0.3, 0.4) is 0 Å². The van der Waals surface area contributed by atoms with Crippen molar-refractivity contribution in [1.82, 2.24) is 0 Å². The topological polar surface area (TPSA) is 27.7 Å². The van der Waals surface area contributed by atoms with Gasteiger partial charge in [-0.3, -0.25) is 0 Å². The molecule has 24 heavy (non-hydrogen) atoms. The number of hydrogen-bond donors (Lipinski definition) is 0. The summed E-state index contributed by atoms with van der Waals surface area (Å²) >= 11 is 0. The molecule has 2 heterocycles. The highest BCUT2D eigenvalue weighted by Crippen LogP contribution is 2.57. The number of fused-ring (bicyclic) bond motifs is 4. The first-order valence-electron chi connectivity index (χ1n) is 8.10. The molecule has 0 aliphatic carbocycles. The summed E-state index contributed by atoms with van der Waals surface area (Å²) in [7, 11) is 0. The summed E-state index contributed by atoms with van der Waals surface area (Å²) < 4.78 is 6.32. The van der Waals surface area contributed by atoms with Crippen molar-refractivity contribution in [2.45, 2.75) is 18.0 Å². The molecular formula is C21H16O3. The van der Waals surface area contributed by atoms with Gasteiger partial charge in [0.15, 0.2) is 0 Å². The molecule has 3 heteroatoms. The van der Waals surface area contributed by atoms with E-state index in [9.17, 15) is 0 Å². The van der Waals surface area contributed by atoms with Crippen molar-refractivity contribution in [2.75, 3.05) is 0 Å². The van der Waals surface area contributed by atoms with Crippen LogP contribution in [-0.4, -0.2) is 0 Å². The summed E-state index contributed by atoms with van der Waals surface area (Å²) in [6, 6.07) is 28.6. The third-order valence-corrected chi connectivity index (χ3v) is 4.79. The molecule has 1 saturated heterocycles. The second-order valence-electron chi connectivity index (χ2n) is 6.14. The zero-order valence-electron chi connectivity index (χ0n) is 13.0. The van der Waals surface area contributed by atoms with Gasteiger partial charge in [0.2, 0.25) is 12.1 Å². The van der Waals surface area contributed by atoms with Crippen molar-refractivity contribution in [3.63, 3.8) is 0 Å². The van der Waals surface area contributed by atoms with Gasteiger partial charge in [-0.2, -0.15) is 9.78 Å². The second kappa shape index (κ2) is 5.28. The molecule has 0 amide bonds. The van der Waals surface area contributed by atoms with Gasteiger partial charge in [0.1, 0.15) is 0 Å². The zero-order chi connectivity index (χ0) is 16.0. The lowest BCUT2D eigenvalue weighted by Crippen LogP contribution is -2.38. The lowest BCUT2D eigenvalue weighted by atomic mass is 9.77. The highest BCUT2D eigenvalue weighted by atomic mass is 17.3. The van der Waals surface area contributed by atoms with Crippen LogP contribution in [0.4, 0.5) is 0 Å². The maximum Gasteiger partial charge on any atom is 0.241 e. The highest BCUT2D eigenvalue weighted by molar-refractivity contribution is 5.45. The van der Waals surface area contributed by atoms with Crippen LogP contribution < -0.4 is 0 Å². The lowest BCUT2D eigenvalue weighted by Gasteiger charge is -2.38. The Morgan fingerprint density at radius 3 is 2.04 bits per heavy atom. The molecule has 1 unspecified atom stereocenters. The van der Waals surface area contributed by atoms with Crippen LogP contribution in [0.2, 0.25) is 0 Å². The van der Waals surface area contributed by atoms with Crippen LogP contribution in [0.1, 0.15) is 34.5 Å². The molecule has 3 aromatic carbocycles. The van der Waals surface area contributed by atoms with Gasteiger partial charge in [-0.25, -0.2) is 0 Å². The molecule has 0 saturated carbocycles. The van der Waals surface area contributed by atoms with E-state index >= 15 is 0 Å². The van der Waals surface area contributed by atoms with E-state index in [-0.39, 0.29) is 5.92 Å². The third-order valence-electron chi connectivity index (χ3n) is 4.79. The molecule has 2 bridgehead atoms. The monoisotopic (exact) mass is 316 g/mol. The molecule has 2 aliphatic rings. The first kappa shape index (κ1) is 13.9. The second-order valence-corrected chi connectivity index (χ2v) is 6.14. The van der Waals surface area contributed by atoms with E-state index < -0.39 is 12.1 Å². The normalized spacial score (nSPS) is 27.7. The number of rotatable bonds is 2. The predicted octanol–water partition coefficient (Wildman–Crippen LogP) is 4.66. The Hall–Kier alpha value is -2.46. The van der Waals surface area contributed by atoms with E-state index in [0.717, 1.165) is 16.7 Å². The smallest absolute Gasteiger partial charge is 0.241 e. The lowest BCUT2D eigenvalue weighted by molar-refractivity contribution is -0.338. The largest absolute Gasteiger partial charge is 0.306 e. The summed E-state index contributed by atoms with van der Waals surface area (Å²) in [5.74, 6) is -1.07. The van der Waals surface area contributed by atoms with Gasteiger partial charge in [-0.1, -0.05) is 84.9 Å². The van der Waals surface area contributed by atoms with Gasteiger partial charge in [-0.15, -0.1) is 0 Å². The fourth-order valence-electron chi connectivity index (χ4n) is 3.74. The van der Waals surface area contributed by atoms with Crippen LogP contribution in [0.25, 0.3) is 0 Å². The minimum absolute atomic E-state index is 0.101. The maximum absolute atomic E-state index is 6.32. The average Bonchev–Trinajstić information content (AvgIpc) is 3.05. The molecule has 5 rings (SSSR count). The molecule has 0 radical (unpaired) electrons. The van der Waals surface area contributed by atoms with Gasteiger partial charge in [0.25, 0.3) is 0 Å². The molecule has 3 aromatic rings. The van der Waals surface area contributed by atoms with Crippen LogP contribution in [-0.2, 0) is 20.3 Å². The van der Waals surface area contributed by atoms with E-state index in [2.05, 4.69) is 24.3 Å². The predicted molar refractivity (Wildman–Crippen MR) is 88.8 cm³/mol. The Morgan fingerprint density at radius 1 is 0.667 bits per heavy atom. The Bertz CT molecular complexity index is 863. The van der Waals surface area contributed by atoms with E-state index in [1.165, 1.54) is 5.56 Å². The van der Waals surface area contributed by atoms with E-state index in [4.69, 9.17) is 14.5 Å². The molecule has 3 nitrogen and oxygen atoms in total. The summed E-state index contributed by atoms with van der Waals surface area (Å²) in [4.78, 5) is 11.5. The molecule has 1 fully saturated rings. The minimum Gasteiger partial charge on any atom is -0.306 e. The summed E-state index contributed by atoms with van der Waals surface area (Å²) in [5, 5.41) is 0. The van der Waals surface area contributed by atoms with Crippen molar-refractivity contribution < 1.29 is 14.5 Å². The minimum atomic E-state index is -0.971. The van der Waals surface area contributed by atoms with Gasteiger partial charge in [-0.05, 0) is 11.1 Å². The molecule has 3 atom stereocenters. The van der Waals surface area contributed by atoms with Crippen molar-refractivity contribution in [1.29, 1.82) is 0 Å². The van der Waals surface area contributed by atoms with Crippen LogP contribution in [0.5, 0.6) is 0 Å². The van der Waals surface area contributed by atoms with Crippen molar-refractivity contribution >= 4 is 0 Å². The van der Waals surface area contributed by atoms with Crippen molar-refractivity contribution in [2.24, 2.45) is 0 Å². The van der Waals surface area contributed by atoms with Crippen LogP contribution in [0.15, 0.2) is 84.9 Å². The third kappa shape index (κ3) is 1.89. The molecule has 0 N–H and O–H groups in total. The van der Waals surface area contributed by atoms with Gasteiger partial charge < -0.3 is 4.74 Å². The molecular weight excluding hydrogens is 300 g/mol. The van der Waals surface area contributed by atoms with E-state index in [1.807, 2.05) is 60.7 Å². The summed E-state index contributed by atoms with van der Waals surface area (Å²) in [6.07, 6.45) is -0.499. The quantitative estimate of drug-likeness (QED) is 0.643. The first-order valence-corrected chi connectivity index (χ1v) is 8.10. The number of benzene rings is 3. The fraction of sp³-hybridized carbons (Fsp3) is 0.143. The number of hydrogen-bond acceptors (Lipinski definition) is 3. The van der Waals surface area contributed by atoms with Gasteiger partial charge >= 0.3 is 0 Å². The molecule has 0 spiro atoms. The van der Waals surface area contributed by atoms with Crippen molar-refractivity contribution in [3.05, 3.63) is 107 Å². The number of ether oxygens (including phenoxy) is 1. The first-order chi connectivity index (χ1) is 11.9. The summed E-state index contributed by atoms with van der Waals surface area (Å²) in [6.45, 7) is 0. The highest BCUT2D eigenvalue weighted by Gasteiger charge is 2.57. The molecule has 2 aliphatic heterocycles. The Balaban J connectivity index is 1.78. The van der Waals surface area contributed by atoms with Crippen LogP contribution >= 0.6 is 0 Å². The average molecular weight is 316 g/mol. The SMILES string of the molecule is c1ccc(C2c3ccccc3[C@@H]3OO[C@@]2(c2ccccc2)O3)cc1. The Morgan fingerprint density at radius 2 is 1.29 bits per heavy atom. The Kier molecular flexibility index (Phi) is 3.06. The van der Waals surface area contributed by atoms with Crippen LogP contribution in [0, 0.1) is 0 Å². The van der Waals surface area contributed by atoms with Gasteiger partial charge in [0, 0.05) is 11.1 Å². The standard InChI is InChI=1S/C21H16O3/c1-3-9-15(10-4-1)19-17-13-7-8-14-18(17)20-22-21(19,24-23-20)16-11-5-2-6-12-16/h1-14,19-20H/t19?,20-,21+/m0/s1. The fourth-order valence-corrected chi connectivity index (χ4v) is 3.74. The maximum atomic E-state index is 6.32. The zero-order valence-corrected chi connectivity index (χ0v) is 13.0. The van der Waals surface area contributed by atoms with E-state index in [0.29, 0.717) is 0 Å². The van der Waals surface area contributed by atoms with Crippen molar-refractivity contribution in [3.8, 4) is 0 Å².